The highest BCUT2D eigenvalue weighted by Crippen LogP contribution is 2.20. The summed E-state index contributed by atoms with van der Waals surface area (Å²) in [6, 6.07) is 7.34. The number of amides is 1. The van der Waals surface area contributed by atoms with E-state index in [-0.39, 0.29) is 5.91 Å². The van der Waals surface area contributed by atoms with E-state index in [1.165, 1.54) is 0 Å². The van der Waals surface area contributed by atoms with Gasteiger partial charge in [0.1, 0.15) is 6.07 Å². The summed E-state index contributed by atoms with van der Waals surface area (Å²) in [7, 11) is 0. The van der Waals surface area contributed by atoms with Crippen molar-refractivity contribution < 1.29 is 4.79 Å². The Bertz CT molecular complexity index is 551. The molecule has 1 heterocycles. The molecular formula is C15H19ClN4O. The van der Waals surface area contributed by atoms with Crippen molar-refractivity contribution in [2.45, 2.75) is 19.4 Å². The summed E-state index contributed by atoms with van der Waals surface area (Å²) in [5.41, 5.74) is 1.02. The maximum atomic E-state index is 12.1. The minimum atomic E-state index is -0.0591. The van der Waals surface area contributed by atoms with E-state index in [9.17, 15) is 4.79 Å². The highest BCUT2D eigenvalue weighted by molar-refractivity contribution is 6.32. The van der Waals surface area contributed by atoms with Gasteiger partial charge in [0.25, 0.3) is 0 Å². The number of benzene rings is 1. The topological polar surface area (TPSA) is 68.2 Å². The number of hydrogen-bond acceptors (Lipinski definition) is 4. The molecule has 1 amide bonds. The molecule has 0 bridgehead atoms. The molecule has 0 unspecified atom stereocenters. The molecule has 1 fully saturated rings. The van der Waals surface area contributed by atoms with E-state index in [0.717, 1.165) is 26.1 Å². The van der Waals surface area contributed by atoms with E-state index in [2.05, 4.69) is 22.5 Å². The molecule has 21 heavy (non-hydrogen) atoms. The highest BCUT2D eigenvalue weighted by atomic mass is 35.5. The zero-order chi connectivity index (χ0) is 15.2. The first-order valence-electron chi connectivity index (χ1n) is 7.08. The normalized spacial score (nSPS) is 14.6. The fourth-order valence-corrected chi connectivity index (χ4v) is 2.50. The van der Waals surface area contributed by atoms with E-state index < -0.39 is 0 Å². The Balaban J connectivity index is 1.94. The molecule has 2 rings (SSSR count). The van der Waals surface area contributed by atoms with Crippen LogP contribution in [0.2, 0.25) is 5.02 Å². The fraction of sp³-hybridized carbons (Fsp3) is 0.467. The Morgan fingerprint density at radius 1 is 1.57 bits per heavy atom. The third kappa shape index (κ3) is 4.18. The zero-order valence-electron chi connectivity index (χ0n) is 12.0. The summed E-state index contributed by atoms with van der Waals surface area (Å²) >= 11 is 5.96. The predicted molar refractivity (Wildman–Crippen MR) is 83.3 cm³/mol. The molecule has 1 aliphatic heterocycles. The fourth-order valence-electron chi connectivity index (χ4n) is 2.28. The van der Waals surface area contributed by atoms with E-state index in [1.54, 1.807) is 18.2 Å². The molecule has 0 aliphatic carbocycles. The van der Waals surface area contributed by atoms with Gasteiger partial charge >= 0.3 is 0 Å². The average Bonchev–Trinajstić information content (AvgIpc) is 2.37. The van der Waals surface area contributed by atoms with Crippen LogP contribution in [0.4, 0.5) is 5.69 Å². The van der Waals surface area contributed by atoms with Crippen LogP contribution in [0.1, 0.15) is 18.9 Å². The van der Waals surface area contributed by atoms with Crippen LogP contribution >= 0.6 is 11.6 Å². The van der Waals surface area contributed by atoms with Gasteiger partial charge in [-0.25, -0.2) is 0 Å². The van der Waals surface area contributed by atoms with Gasteiger partial charge < -0.3 is 10.6 Å². The maximum absolute atomic E-state index is 12.1. The van der Waals surface area contributed by atoms with Crippen LogP contribution < -0.4 is 10.6 Å². The number of hydrogen-bond donors (Lipinski definition) is 2. The molecule has 0 spiro atoms. The first kappa shape index (κ1) is 15.8. The lowest BCUT2D eigenvalue weighted by Gasteiger charge is -2.37. The summed E-state index contributed by atoms with van der Waals surface area (Å²) in [5.74, 6) is -0.0591. The average molecular weight is 307 g/mol. The van der Waals surface area contributed by atoms with Crippen LogP contribution in [0.3, 0.4) is 0 Å². The molecule has 1 aliphatic rings. The Kier molecular flexibility index (Phi) is 5.57. The third-order valence-corrected chi connectivity index (χ3v) is 3.82. The molecular weight excluding hydrogens is 288 g/mol. The van der Waals surface area contributed by atoms with Crippen LogP contribution in [0.15, 0.2) is 18.2 Å². The zero-order valence-corrected chi connectivity index (χ0v) is 12.8. The number of nitrogens with zero attached hydrogens (tertiary/aromatic N) is 2. The standard InChI is InChI=1S/C15H19ClN4O/c1-2-5-20(13-8-18-9-13)10-15(21)19-12-4-3-11(7-17)14(16)6-12/h3-4,6,13,18H,2,5,8-10H2,1H3,(H,19,21). The minimum Gasteiger partial charge on any atom is -0.325 e. The molecule has 2 N–H and O–H groups in total. The molecule has 0 radical (unpaired) electrons. The largest absolute Gasteiger partial charge is 0.325 e. The quantitative estimate of drug-likeness (QED) is 0.841. The second kappa shape index (κ2) is 7.41. The Labute approximate surface area is 129 Å². The summed E-state index contributed by atoms with van der Waals surface area (Å²) < 4.78 is 0. The summed E-state index contributed by atoms with van der Waals surface area (Å²) in [6.45, 7) is 5.27. The lowest BCUT2D eigenvalue weighted by atomic mass is 10.1. The van der Waals surface area contributed by atoms with Crippen LogP contribution in [-0.4, -0.2) is 43.0 Å². The summed E-state index contributed by atoms with van der Waals surface area (Å²) in [6.07, 6.45) is 1.02. The Morgan fingerprint density at radius 3 is 2.86 bits per heavy atom. The number of carbonyl (C=O) groups excluding carboxylic acids is 1. The van der Waals surface area contributed by atoms with Crippen molar-refractivity contribution in [1.82, 2.24) is 10.2 Å². The van der Waals surface area contributed by atoms with Crippen molar-refractivity contribution >= 4 is 23.2 Å². The second-order valence-corrected chi connectivity index (χ2v) is 5.54. The van der Waals surface area contributed by atoms with Gasteiger partial charge in [-0.05, 0) is 31.2 Å². The second-order valence-electron chi connectivity index (χ2n) is 5.14. The molecule has 6 heteroatoms. The smallest absolute Gasteiger partial charge is 0.238 e. The van der Waals surface area contributed by atoms with E-state index in [4.69, 9.17) is 16.9 Å². The van der Waals surface area contributed by atoms with Crippen molar-refractivity contribution in [3.05, 3.63) is 28.8 Å². The van der Waals surface area contributed by atoms with Gasteiger partial charge in [0.15, 0.2) is 0 Å². The number of nitrogens with one attached hydrogen (secondary N) is 2. The molecule has 1 aromatic carbocycles. The Morgan fingerprint density at radius 2 is 2.33 bits per heavy atom. The number of halogens is 1. The lowest BCUT2D eigenvalue weighted by Crippen LogP contribution is -2.58. The summed E-state index contributed by atoms with van der Waals surface area (Å²) in [5, 5.41) is 15.2. The number of carbonyl (C=O) groups is 1. The van der Waals surface area contributed by atoms with Crippen molar-refractivity contribution in [3.8, 4) is 6.07 Å². The van der Waals surface area contributed by atoms with Gasteiger partial charge in [0.2, 0.25) is 5.91 Å². The molecule has 0 atom stereocenters. The number of anilines is 1. The predicted octanol–water partition coefficient (Wildman–Crippen LogP) is 1.83. The van der Waals surface area contributed by atoms with Crippen molar-refractivity contribution in [2.24, 2.45) is 0 Å². The Hall–Kier alpha value is -1.61. The monoisotopic (exact) mass is 306 g/mol. The van der Waals surface area contributed by atoms with Gasteiger partial charge in [0, 0.05) is 24.8 Å². The highest BCUT2D eigenvalue weighted by Gasteiger charge is 2.25. The molecule has 0 saturated carbocycles. The molecule has 1 saturated heterocycles. The van der Waals surface area contributed by atoms with Gasteiger partial charge in [-0.15, -0.1) is 0 Å². The molecule has 5 nitrogen and oxygen atoms in total. The lowest BCUT2D eigenvalue weighted by molar-refractivity contribution is -0.118. The maximum Gasteiger partial charge on any atom is 0.238 e. The third-order valence-electron chi connectivity index (χ3n) is 3.51. The first-order valence-corrected chi connectivity index (χ1v) is 7.46. The van der Waals surface area contributed by atoms with Crippen molar-refractivity contribution in [1.29, 1.82) is 5.26 Å². The minimum absolute atomic E-state index is 0.0591. The van der Waals surface area contributed by atoms with E-state index in [0.29, 0.717) is 28.9 Å². The van der Waals surface area contributed by atoms with Gasteiger partial charge in [-0.3, -0.25) is 9.69 Å². The first-order chi connectivity index (χ1) is 10.1. The van der Waals surface area contributed by atoms with Crippen LogP contribution in [0.5, 0.6) is 0 Å². The van der Waals surface area contributed by atoms with Crippen LogP contribution in [0.25, 0.3) is 0 Å². The van der Waals surface area contributed by atoms with Crippen LogP contribution in [0, 0.1) is 11.3 Å². The van der Waals surface area contributed by atoms with Crippen LogP contribution in [-0.2, 0) is 4.79 Å². The molecule has 0 aromatic heterocycles. The van der Waals surface area contributed by atoms with E-state index in [1.807, 2.05) is 6.07 Å². The SMILES string of the molecule is CCCN(CC(=O)Nc1ccc(C#N)c(Cl)c1)C1CNC1. The van der Waals surface area contributed by atoms with E-state index >= 15 is 0 Å². The van der Waals surface area contributed by atoms with Crippen molar-refractivity contribution in [2.75, 3.05) is 31.5 Å². The molecule has 112 valence electrons. The van der Waals surface area contributed by atoms with Gasteiger partial charge in [-0.2, -0.15) is 5.26 Å². The van der Waals surface area contributed by atoms with Gasteiger partial charge in [-0.1, -0.05) is 18.5 Å². The summed E-state index contributed by atoms with van der Waals surface area (Å²) in [4.78, 5) is 14.3. The molecule has 1 aromatic rings. The van der Waals surface area contributed by atoms with Crippen molar-refractivity contribution in [3.63, 3.8) is 0 Å². The number of rotatable bonds is 6. The number of nitriles is 1. The van der Waals surface area contributed by atoms with Gasteiger partial charge in [0.05, 0.1) is 17.1 Å².